The second-order valence-electron chi connectivity index (χ2n) is 5.83. The lowest BCUT2D eigenvalue weighted by atomic mass is 10.1. The number of carbonyl (C=O) groups excluding carboxylic acids is 2. The molecule has 0 saturated carbocycles. The molecule has 2 aromatic carbocycles. The van der Waals surface area contributed by atoms with Gasteiger partial charge in [0.15, 0.2) is 11.5 Å². The van der Waals surface area contributed by atoms with Gasteiger partial charge in [0, 0.05) is 19.5 Å². The van der Waals surface area contributed by atoms with Crippen LogP contribution < -0.4 is 25.8 Å². The normalized spacial score (nSPS) is 9.82. The molecule has 0 atom stereocenters. The van der Waals surface area contributed by atoms with Gasteiger partial charge >= 0.3 is 0 Å². The number of hydrogen-bond donors (Lipinski definition) is 3. The van der Waals surface area contributed by atoms with Crippen LogP contribution in [0.4, 0.5) is 5.69 Å². The Bertz CT molecular complexity index is 799. The van der Waals surface area contributed by atoms with Crippen molar-refractivity contribution in [2.45, 2.75) is 12.8 Å². The van der Waals surface area contributed by atoms with E-state index in [1.807, 2.05) is 18.2 Å². The standard InChI is InChI=1S/C20H25N3O4.ClH/c1-26-17-9-7-14(13-18(17)27-2)8-10-19(24)23-16-6-4-3-5-15(16)20(25)22-12-11-21;/h3-7,9,13H,8,10-12,21H2,1-2H3,(H,22,25)(H,23,24);1H. The van der Waals surface area contributed by atoms with Crippen molar-refractivity contribution in [3.05, 3.63) is 53.6 Å². The molecule has 0 bridgehead atoms. The van der Waals surface area contributed by atoms with Crippen LogP contribution in [0.2, 0.25) is 0 Å². The minimum atomic E-state index is -0.267. The fourth-order valence-corrected chi connectivity index (χ4v) is 2.58. The number of hydrogen-bond acceptors (Lipinski definition) is 5. The Morgan fingerprint density at radius 2 is 1.75 bits per heavy atom. The maximum absolute atomic E-state index is 12.3. The molecule has 0 radical (unpaired) electrons. The Hall–Kier alpha value is -2.77. The fraction of sp³-hybridized carbons (Fsp3) is 0.300. The number of anilines is 1. The van der Waals surface area contributed by atoms with Crippen molar-refractivity contribution in [3.8, 4) is 11.5 Å². The molecule has 7 nitrogen and oxygen atoms in total. The van der Waals surface area contributed by atoms with Crippen molar-refractivity contribution in [2.24, 2.45) is 5.73 Å². The summed E-state index contributed by atoms with van der Waals surface area (Å²) in [7, 11) is 3.15. The summed E-state index contributed by atoms with van der Waals surface area (Å²) in [6.07, 6.45) is 0.808. The number of aryl methyl sites for hydroxylation is 1. The van der Waals surface area contributed by atoms with Gasteiger partial charge in [0.2, 0.25) is 5.91 Å². The highest BCUT2D eigenvalue weighted by atomic mass is 35.5. The third-order valence-electron chi connectivity index (χ3n) is 3.96. The Morgan fingerprint density at radius 1 is 1.04 bits per heavy atom. The quantitative estimate of drug-likeness (QED) is 0.592. The summed E-state index contributed by atoms with van der Waals surface area (Å²) in [5.41, 5.74) is 7.25. The van der Waals surface area contributed by atoms with Gasteiger partial charge in [-0.2, -0.15) is 0 Å². The molecule has 0 aliphatic carbocycles. The molecule has 0 unspecified atom stereocenters. The van der Waals surface area contributed by atoms with Crippen LogP contribution in [-0.2, 0) is 11.2 Å². The zero-order chi connectivity index (χ0) is 19.6. The average molecular weight is 408 g/mol. The van der Waals surface area contributed by atoms with Crippen molar-refractivity contribution < 1.29 is 19.1 Å². The van der Waals surface area contributed by atoms with Crippen molar-refractivity contribution >= 4 is 29.9 Å². The Balaban J connectivity index is 0.00000392. The van der Waals surface area contributed by atoms with Crippen LogP contribution in [0.1, 0.15) is 22.3 Å². The molecule has 4 N–H and O–H groups in total. The highest BCUT2D eigenvalue weighted by Gasteiger charge is 2.13. The maximum Gasteiger partial charge on any atom is 0.253 e. The number of carbonyl (C=O) groups is 2. The van der Waals surface area contributed by atoms with Gasteiger partial charge in [-0.05, 0) is 36.2 Å². The van der Waals surface area contributed by atoms with Crippen LogP contribution in [0.25, 0.3) is 0 Å². The summed E-state index contributed by atoms with van der Waals surface area (Å²) in [5.74, 6) is 0.820. The maximum atomic E-state index is 12.3. The van der Waals surface area contributed by atoms with Gasteiger partial charge < -0.3 is 25.8 Å². The van der Waals surface area contributed by atoms with Crippen molar-refractivity contribution in [1.82, 2.24) is 5.32 Å². The first kappa shape index (κ1) is 23.3. The van der Waals surface area contributed by atoms with Gasteiger partial charge in [0.1, 0.15) is 0 Å². The first-order valence-electron chi connectivity index (χ1n) is 8.67. The summed E-state index contributed by atoms with van der Waals surface area (Å²) in [6, 6.07) is 12.4. The predicted octanol–water partition coefficient (Wildman–Crippen LogP) is 2.39. The molecular formula is C20H26ClN3O4. The summed E-state index contributed by atoms with van der Waals surface area (Å²) >= 11 is 0. The third-order valence-corrected chi connectivity index (χ3v) is 3.96. The smallest absolute Gasteiger partial charge is 0.253 e. The molecule has 8 heteroatoms. The minimum Gasteiger partial charge on any atom is -0.493 e. The van der Waals surface area contributed by atoms with E-state index in [4.69, 9.17) is 15.2 Å². The van der Waals surface area contributed by atoms with Crippen LogP contribution in [-0.4, -0.2) is 39.1 Å². The van der Waals surface area contributed by atoms with E-state index >= 15 is 0 Å². The number of halogens is 1. The number of rotatable bonds is 9. The van der Waals surface area contributed by atoms with Gasteiger partial charge in [-0.3, -0.25) is 9.59 Å². The molecule has 2 rings (SSSR count). The molecule has 0 spiro atoms. The van der Waals surface area contributed by atoms with Gasteiger partial charge in [-0.15, -0.1) is 12.4 Å². The number of ether oxygens (including phenoxy) is 2. The zero-order valence-corrected chi connectivity index (χ0v) is 16.8. The van der Waals surface area contributed by atoms with Crippen LogP contribution in [0.15, 0.2) is 42.5 Å². The van der Waals surface area contributed by atoms with E-state index in [0.29, 0.717) is 42.3 Å². The van der Waals surface area contributed by atoms with E-state index in [1.54, 1.807) is 38.5 Å². The first-order chi connectivity index (χ1) is 13.1. The van der Waals surface area contributed by atoms with E-state index in [-0.39, 0.29) is 30.6 Å². The number of nitrogens with one attached hydrogen (secondary N) is 2. The Kier molecular flexibility index (Phi) is 9.84. The highest BCUT2D eigenvalue weighted by molar-refractivity contribution is 6.03. The molecular weight excluding hydrogens is 382 g/mol. The zero-order valence-electron chi connectivity index (χ0n) is 16.0. The van der Waals surface area contributed by atoms with Crippen LogP contribution >= 0.6 is 12.4 Å². The highest BCUT2D eigenvalue weighted by Crippen LogP contribution is 2.28. The Labute approximate surface area is 171 Å². The van der Waals surface area contributed by atoms with Crippen molar-refractivity contribution in [2.75, 3.05) is 32.6 Å². The molecule has 2 aromatic rings. The Morgan fingerprint density at radius 3 is 2.43 bits per heavy atom. The average Bonchev–Trinajstić information content (AvgIpc) is 2.70. The minimum absolute atomic E-state index is 0. The summed E-state index contributed by atoms with van der Waals surface area (Å²) in [4.78, 5) is 24.5. The fourth-order valence-electron chi connectivity index (χ4n) is 2.58. The summed E-state index contributed by atoms with van der Waals surface area (Å²) in [6.45, 7) is 0.728. The van der Waals surface area contributed by atoms with Gasteiger partial charge in [-0.1, -0.05) is 18.2 Å². The topological polar surface area (TPSA) is 103 Å². The molecule has 0 heterocycles. The molecule has 0 aromatic heterocycles. The molecule has 2 amide bonds. The largest absolute Gasteiger partial charge is 0.493 e. The second-order valence-corrected chi connectivity index (χ2v) is 5.83. The van der Waals surface area contributed by atoms with Gasteiger partial charge in [0.05, 0.1) is 25.5 Å². The molecule has 0 fully saturated rings. The van der Waals surface area contributed by atoms with Crippen molar-refractivity contribution in [1.29, 1.82) is 0 Å². The predicted molar refractivity (Wildman–Crippen MR) is 112 cm³/mol. The second kappa shape index (κ2) is 11.8. The monoisotopic (exact) mass is 407 g/mol. The van der Waals surface area contributed by atoms with Gasteiger partial charge in [0.25, 0.3) is 5.91 Å². The number of nitrogens with two attached hydrogens (primary N) is 1. The summed E-state index contributed by atoms with van der Waals surface area (Å²) < 4.78 is 10.5. The molecule has 0 aliphatic rings. The van der Waals surface area contributed by atoms with E-state index in [0.717, 1.165) is 5.56 Å². The van der Waals surface area contributed by atoms with Crippen molar-refractivity contribution in [3.63, 3.8) is 0 Å². The molecule has 28 heavy (non-hydrogen) atoms. The van der Waals surface area contributed by atoms with E-state index in [9.17, 15) is 9.59 Å². The lowest BCUT2D eigenvalue weighted by molar-refractivity contribution is -0.116. The molecule has 0 aliphatic heterocycles. The van der Waals surface area contributed by atoms with Crippen LogP contribution in [0.3, 0.4) is 0 Å². The van der Waals surface area contributed by atoms with E-state index in [1.165, 1.54) is 0 Å². The number of methoxy groups -OCH3 is 2. The molecule has 152 valence electrons. The number of para-hydroxylation sites is 1. The van der Waals surface area contributed by atoms with Crippen LogP contribution in [0.5, 0.6) is 11.5 Å². The lowest BCUT2D eigenvalue weighted by Crippen LogP contribution is -2.30. The van der Waals surface area contributed by atoms with E-state index < -0.39 is 0 Å². The third kappa shape index (κ3) is 6.44. The number of amides is 2. The SMILES string of the molecule is COc1ccc(CCC(=O)Nc2ccccc2C(=O)NCCN)cc1OC.Cl. The van der Waals surface area contributed by atoms with Crippen LogP contribution in [0, 0.1) is 0 Å². The number of benzene rings is 2. The lowest BCUT2D eigenvalue weighted by Gasteiger charge is -2.12. The van der Waals surface area contributed by atoms with E-state index in [2.05, 4.69) is 10.6 Å². The summed E-state index contributed by atoms with van der Waals surface area (Å²) in [5, 5.41) is 5.50. The van der Waals surface area contributed by atoms with Gasteiger partial charge in [-0.25, -0.2) is 0 Å². The molecule has 0 saturated heterocycles. The first-order valence-corrected chi connectivity index (χ1v) is 8.67.